The number of carbonyl (C=O) groups excluding carboxylic acids is 1. The average Bonchev–Trinajstić information content (AvgIpc) is 2.63. The van der Waals surface area contributed by atoms with Gasteiger partial charge in [-0.05, 0) is 0 Å². The highest BCUT2D eigenvalue weighted by atomic mass is 16.6. The third-order valence-electron chi connectivity index (χ3n) is 2.56. The zero-order valence-corrected chi connectivity index (χ0v) is 8.66. The molecule has 0 radical (unpaired) electrons. The van der Waals surface area contributed by atoms with E-state index in [-0.39, 0.29) is 5.41 Å². The Kier molecular flexibility index (Phi) is 2.99. The van der Waals surface area contributed by atoms with Crippen molar-refractivity contribution in [1.29, 1.82) is 0 Å². The molecule has 0 aromatic carbocycles. The summed E-state index contributed by atoms with van der Waals surface area (Å²) in [5, 5.41) is 0. The van der Waals surface area contributed by atoms with Gasteiger partial charge in [-0.2, -0.15) is 0 Å². The third kappa shape index (κ3) is 1.97. The summed E-state index contributed by atoms with van der Waals surface area (Å²) in [5.74, 6) is 0. The molecule has 0 aliphatic heterocycles. The van der Waals surface area contributed by atoms with E-state index < -0.39 is 5.60 Å². The molecule has 1 unspecified atom stereocenters. The van der Waals surface area contributed by atoms with Gasteiger partial charge < -0.3 is 4.74 Å². The van der Waals surface area contributed by atoms with Crippen LogP contribution in [0, 0.1) is 5.41 Å². The molecule has 0 spiro atoms. The SMILES string of the molecule is CONC=C=CC1(OC=O)CC1(C)C. The van der Waals surface area contributed by atoms with Gasteiger partial charge in [0.15, 0.2) is 0 Å². The molecule has 1 aliphatic carbocycles. The van der Waals surface area contributed by atoms with Crippen molar-refractivity contribution in [1.82, 2.24) is 5.48 Å². The first-order valence-corrected chi connectivity index (χ1v) is 4.40. The topological polar surface area (TPSA) is 47.6 Å². The minimum Gasteiger partial charge on any atom is -0.456 e. The summed E-state index contributed by atoms with van der Waals surface area (Å²) in [6, 6.07) is 0. The van der Waals surface area contributed by atoms with Crippen molar-refractivity contribution < 1.29 is 14.4 Å². The number of carbonyl (C=O) groups is 1. The molecule has 1 saturated carbocycles. The Balaban J connectivity index is 2.64. The van der Waals surface area contributed by atoms with E-state index >= 15 is 0 Å². The average molecular weight is 197 g/mol. The molecule has 4 nitrogen and oxygen atoms in total. The summed E-state index contributed by atoms with van der Waals surface area (Å²) in [4.78, 5) is 14.9. The zero-order valence-electron chi connectivity index (χ0n) is 8.66. The number of hydrogen-bond donors (Lipinski definition) is 1. The van der Waals surface area contributed by atoms with Gasteiger partial charge in [-0.1, -0.05) is 13.8 Å². The Morgan fingerprint density at radius 3 is 2.57 bits per heavy atom. The molecule has 4 heteroatoms. The number of ether oxygens (including phenoxy) is 1. The Hall–Kier alpha value is -1.25. The molecular weight excluding hydrogens is 182 g/mol. The number of hydroxylamine groups is 1. The molecule has 78 valence electrons. The summed E-state index contributed by atoms with van der Waals surface area (Å²) in [6.45, 7) is 4.56. The van der Waals surface area contributed by atoms with Gasteiger partial charge in [-0.3, -0.25) is 15.1 Å². The van der Waals surface area contributed by atoms with Crippen molar-refractivity contribution in [3.05, 3.63) is 18.0 Å². The number of rotatable bonds is 5. The van der Waals surface area contributed by atoms with Crippen LogP contribution in [-0.4, -0.2) is 19.2 Å². The maximum absolute atomic E-state index is 10.3. The lowest BCUT2D eigenvalue weighted by Gasteiger charge is -2.12. The van der Waals surface area contributed by atoms with Crippen LogP contribution in [0.1, 0.15) is 20.3 Å². The molecule has 1 fully saturated rings. The minimum atomic E-state index is -0.485. The minimum absolute atomic E-state index is 0.00181. The van der Waals surface area contributed by atoms with E-state index in [0.29, 0.717) is 6.47 Å². The van der Waals surface area contributed by atoms with Gasteiger partial charge in [0.2, 0.25) is 0 Å². The van der Waals surface area contributed by atoms with E-state index in [1.807, 2.05) is 13.8 Å². The molecule has 0 saturated heterocycles. The van der Waals surface area contributed by atoms with Crippen LogP contribution < -0.4 is 5.48 Å². The largest absolute Gasteiger partial charge is 0.456 e. The standard InChI is InChI=1S/C10H15NO3/c1-9(2)7-10(9,14-8-12)5-4-6-11-13-3/h5-6,8,11H,7H2,1-3H3. The Bertz CT molecular complexity index is 279. The summed E-state index contributed by atoms with van der Waals surface area (Å²) in [6.07, 6.45) is 4.09. The smallest absolute Gasteiger partial charge is 0.293 e. The molecule has 0 amide bonds. The Morgan fingerprint density at radius 1 is 1.50 bits per heavy atom. The fourth-order valence-corrected chi connectivity index (χ4v) is 1.45. The van der Waals surface area contributed by atoms with Crippen molar-refractivity contribution in [2.45, 2.75) is 25.9 Å². The lowest BCUT2D eigenvalue weighted by molar-refractivity contribution is -0.134. The third-order valence-corrected chi connectivity index (χ3v) is 2.56. The van der Waals surface area contributed by atoms with Crippen LogP contribution >= 0.6 is 0 Å². The van der Waals surface area contributed by atoms with Crippen LogP contribution in [0.25, 0.3) is 0 Å². The highest BCUT2D eigenvalue weighted by Crippen LogP contribution is 2.58. The van der Waals surface area contributed by atoms with E-state index in [1.54, 1.807) is 6.08 Å². The summed E-state index contributed by atoms with van der Waals surface area (Å²) >= 11 is 0. The van der Waals surface area contributed by atoms with E-state index in [0.717, 1.165) is 6.42 Å². The van der Waals surface area contributed by atoms with Gasteiger partial charge in [-0.25, -0.2) is 0 Å². The van der Waals surface area contributed by atoms with Gasteiger partial charge in [0, 0.05) is 17.9 Å². The predicted octanol–water partition coefficient (Wildman–Crippen LogP) is 1.15. The molecule has 0 aromatic rings. The van der Waals surface area contributed by atoms with Gasteiger partial charge in [0.1, 0.15) is 5.60 Å². The van der Waals surface area contributed by atoms with Gasteiger partial charge in [0.25, 0.3) is 6.47 Å². The van der Waals surface area contributed by atoms with Crippen molar-refractivity contribution in [3.8, 4) is 0 Å². The second kappa shape index (κ2) is 3.86. The first kappa shape index (κ1) is 10.8. The first-order chi connectivity index (χ1) is 6.58. The number of nitrogens with one attached hydrogen (secondary N) is 1. The van der Waals surface area contributed by atoms with E-state index in [2.05, 4.69) is 16.0 Å². The van der Waals surface area contributed by atoms with Gasteiger partial charge in [-0.15, -0.1) is 5.73 Å². The van der Waals surface area contributed by atoms with Crippen LogP contribution in [0.5, 0.6) is 0 Å². The maximum atomic E-state index is 10.3. The van der Waals surface area contributed by atoms with E-state index in [1.165, 1.54) is 13.3 Å². The van der Waals surface area contributed by atoms with E-state index in [4.69, 9.17) is 4.74 Å². The molecule has 0 aromatic heterocycles. The maximum Gasteiger partial charge on any atom is 0.293 e. The second-order valence-corrected chi connectivity index (χ2v) is 3.94. The molecule has 1 aliphatic rings. The summed E-state index contributed by atoms with van der Waals surface area (Å²) < 4.78 is 5.05. The first-order valence-electron chi connectivity index (χ1n) is 4.40. The normalized spacial score (nSPS) is 27.1. The molecule has 1 N–H and O–H groups in total. The molecule has 1 atom stereocenters. The van der Waals surface area contributed by atoms with Crippen molar-refractivity contribution in [2.24, 2.45) is 5.41 Å². The molecule has 1 rings (SSSR count). The summed E-state index contributed by atoms with van der Waals surface area (Å²) in [5.41, 5.74) is 4.88. The monoisotopic (exact) mass is 197 g/mol. The molecule has 0 heterocycles. The van der Waals surface area contributed by atoms with Crippen LogP contribution in [0.4, 0.5) is 0 Å². The number of hydrogen-bond acceptors (Lipinski definition) is 4. The Morgan fingerprint density at radius 2 is 2.14 bits per heavy atom. The van der Waals surface area contributed by atoms with Gasteiger partial charge in [0.05, 0.1) is 13.3 Å². The van der Waals surface area contributed by atoms with Crippen LogP contribution in [0.15, 0.2) is 18.0 Å². The fourth-order valence-electron chi connectivity index (χ4n) is 1.45. The van der Waals surface area contributed by atoms with Crippen LogP contribution in [0.2, 0.25) is 0 Å². The van der Waals surface area contributed by atoms with Crippen molar-refractivity contribution in [2.75, 3.05) is 7.11 Å². The highest BCUT2D eigenvalue weighted by molar-refractivity contribution is 5.43. The second-order valence-electron chi connectivity index (χ2n) is 3.94. The summed E-state index contributed by atoms with van der Waals surface area (Å²) in [7, 11) is 1.51. The Labute approximate surface area is 83.5 Å². The lowest BCUT2D eigenvalue weighted by Crippen LogP contribution is -2.17. The van der Waals surface area contributed by atoms with E-state index in [9.17, 15) is 4.79 Å². The fraction of sp³-hybridized carbons (Fsp3) is 0.600. The molecule has 14 heavy (non-hydrogen) atoms. The lowest BCUT2D eigenvalue weighted by atomic mass is 10.1. The van der Waals surface area contributed by atoms with Gasteiger partial charge >= 0.3 is 0 Å². The van der Waals surface area contributed by atoms with Crippen molar-refractivity contribution in [3.63, 3.8) is 0 Å². The predicted molar refractivity (Wildman–Crippen MR) is 51.1 cm³/mol. The molecular formula is C10H15NO3. The highest BCUT2D eigenvalue weighted by Gasteiger charge is 2.62. The van der Waals surface area contributed by atoms with Crippen LogP contribution in [0.3, 0.4) is 0 Å². The quantitative estimate of drug-likeness (QED) is 0.408. The molecule has 0 bridgehead atoms. The van der Waals surface area contributed by atoms with Crippen LogP contribution in [-0.2, 0) is 14.4 Å². The zero-order chi connectivity index (χ0) is 10.7. The van der Waals surface area contributed by atoms with Crippen molar-refractivity contribution >= 4 is 6.47 Å².